The molecule has 1 heterocycles. The zero-order chi connectivity index (χ0) is 17.4. The molecule has 24 heavy (non-hydrogen) atoms. The van der Waals surface area contributed by atoms with Crippen molar-refractivity contribution in [2.24, 2.45) is 0 Å². The van der Waals surface area contributed by atoms with Gasteiger partial charge in [-0.25, -0.2) is 4.98 Å². The van der Waals surface area contributed by atoms with Crippen molar-refractivity contribution in [3.05, 3.63) is 59.5 Å². The summed E-state index contributed by atoms with van der Waals surface area (Å²) in [5.41, 5.74) is 2.85. The van der Waals surface area contributed by atoms with E-state index in [2.05, 4.69) is 30.1 Å². The average molecular weight is 327 g/mol. The van der Waals surface area contributed by atoms with E-state index in [1.807, 2.05) is 38.1 Å². The minimum absolute atomic E-state index is 0.0688. The number of ether oxygens (including phenoxy) is 1. The van der Waals surface area contributed by atoms with Crippen LogP contribution in [0.2, 0.25) is 0 Å². The van der Waals surface area contributed by atoms with E-state index in [-0.39, 0.29) is 6.61 Å². The number of aryl methyl sites for hydroxylation is 1. The lowest BCUT2D eigenvalue weighted by Gasteiger charge is -2.07. The minimum Gasteiger partial charge on any atom is -0.489 e. The topological polar surface area (TPSA) is 55.5 Å². The molecule has 1 aromatic carbocycles. The van der Waals surface area contributed by atoms with E-state index in [0.717, 1.165) is 34.8 Å². The number of aliphatic hydroxyl groups excluding tert-OH is 1. The van der Waals surface area contributed by atoms with Crippen LogP contribution in [0.15, 0.2) is 52.5 Å². The van der Waals surface area contributed by atoms with Crippen LogP contribution >= 0.6 is 0 Å². The molecule has 2 aromatic rings. The van der Waals surface area contributed by atoms with Crippen LogP contribution in [0.3, 0.4) is 0 Å². The van der Waals surface area contributed by atoms with Crippen molar-refractivity contribution < 1.29 is 14.3 Å². The molecule has 2 rings (SSSR count). The third-order valence-electron chi connectivity index (χ3n) is 3.69. The molecule has 4 nitrogen and oxygen atoms in total. The molecule has 0 spiro atoms. The molecule has 4 heteroatoms. The summed E-state index contributed by atoms with van der Waals surface area (Å²) >= 11 is 0. The Labute approximate surface area is 143 Å². The number of nitrogens with zero attached hydrogens (tertiary/aromatic N) is 1. The Morgan fingerprint density at radius 2 is 2.04 bits per heavy atom. The van der Waals surface area contributed by atoms with Gasteiger partial charge in [0.05, 0.1) is 5.69 Å². The molecule has 0 radical (unpaired) electrons. The SMILES string of the molecule is C/C=C(\C=C/CC)COc1ccc(-c2nc(CCO)c(C)o2)cc1. The highest BCUT2D eigenvalue weighted by molar-refractivity contribution is 5.55. The number of hydrogen-bond donors (Lipinski definition) is 1. The molecule has 0 aliphatic heterocycles. The first kappa shape index (κ1) is 18.0. The summed E-state index contributed by atoms with van der Waals surface area (Å²) in [6, 6.07) is 7.69. The van der Waals surface area contributed by atoms with Crippen molar-refractivity contribution in [1.29, 1.82) is 0 Å². The molecule has 0 saturated heterocycles. The molecular weight excluding hydrogens is 302 g/mol. The lowest BCUT2D eigenvalue weighted by atomic mass is 10.2. The van der Waals surface area contributed by atoms with Gasteiger partial charge < -0.3 is 14.3 Å². The van der Waals surface area contributed by atoms with Crippen LogP contribution in [0.5, 0.6) is 5.75 Å². The first-order valence-electron chi connectivity index (χ1n) is 8.30. The van der Waals surface area contributed by atoms with Crippen LogP contribution < -0.4 is 4.74 Å². The third kappa shape index (κ3) is 4.83. The van der Waals surface area contributed by atoms with Gasteiger partial charge in [0.15, 0.2) is 0 Å². The number of aliphatic hydroxyl groups is 1. The summed E-state index contributed by atoms with van der Waals surface area (Å²) in [5.74, 6) is 2.13. The predicted molar refractivity (Wildman–Crippen MR) is 96.1 cm³/mol. The average Bonchev–Trinajstić information content (AvgIpc) is 2.97. The van der Waals surface area contributed by atoms with Crippen molar-refractivity contribution in [2.45, 2.75) is 33.6 Å². The molecule has 0 bridgehead atoms. The van der Waals surface area contributed by atoms with E-state index in [1.165, 1.54) is 0 Å². The fraction of sp³-hybridized carbons (Fsp3) is 0.350. The zero-order valence-electron chi connectivity index (χ0n) is 14.6. The van der Waals surface area contributed by atoms with Gasteiger partial charge in [-0.05, 0) is 50.1 Å². The van der Waals surface area contributed by atoms with Crippen LogP contribution in [0.1, 0.15) is 31.7 Å². The van der Waals surface area contributed by atoms with Crippen LogP contribution in [-0.2, 0) is 6.42 Å². The summed E-state index contributed by atoms with van der Waals surface area (Å²) < 4.78 is 11.5. The second-order valence-electron chi connectivity index (χ2n) is 5.48. The van der Waals surface area contributed by atoms with Crippen LogP contribution in [-0.4, -0.2) is 23.3 Å². The standard InChI is InChI=1S/C20H25NO3/c1-4-6-7-16(5-2)14-23-18-10-8-17(9-11-18)20-21-19(12-13-22)15(3)24-20/h5-11,22H,4,12-14H2,1-3H3/b7-6-,16-5+. The number of benzene rings is 1. The lowest BCUT2D eigenvalue weighted by molar-refractivity contribution is 0.297. The molecule has 0 aliphatic rings. The van der Waals surface area contributed by atoms with Gasteiger partial charge in [0.2, 0.25) is 5.89 Å². The molecular formula is C20H25NO3. The van der Waals surface area contributed by atoms with Gasteiger partial charge >= 0.3 is 0 Å². The van der Waals surface area contributed by atoms with Crippen molar-refractivity contribution in [2.75, 3.05) is 13.2 Å². The van der Waals surface area contributed by atoms with Gasteiger partial charge in [0.25, 0.3) is 0 Å². The van der Waals surface area contributed by atoms with Crippen molar-refractivity contribution in [3.8, 4) is 17.2 Å². The second-order valence-corrected chi connectivity index (χ2v) is 5.48. The number of hydrogen-bond acceptors (Lipinski definition) is 4. The van der Waals surface area contributed by atoms with Gasteiger partial charge in [0, 0.05) is 18.6 Å². The minimum atomic E-state index is 0.0688. The van der Waals surface area contributed by atoms with E-state index in [9.17, 15) is 0 Å². The highest BCUT2D eigenvalue weighted by Gasteiger charge is 2.11. The Morgan fingerprint density at radius 1 is 1.29 bits per heavy atom. The molecule has 0 saturated carbocycles. The maximum absolute atomic E-state index is 9.03. The maximum Gasteiger partial charge on any atom is 0.226 e. The summed E-state index contributed by atoms with van der Waals surface area (Å²) in [6.07, 6.45) is 7.79. The smallest absolute Gasteiger partial charge is 0.226 e. The van der Waals surface area contributed by atoms with Crippen molar-refractivity contribution in [1.82, 2.24) is 4.98 Å². The molecule has 0 unspecified atom stereocenters. The Kier molecular flexibility index (Phi) is 6.82. The van der Waals surface area contributed by atoms with E-state index in [1.54, 1.807) is 0 Å². The molecule has 1 N–H and O–H groups in total. The highest BCUT2D eigenvalue weighted by atomic mass is 16.5. The Bertz CT molecular complexity index is 696. The molecule has 0 aliphatic carbocycles. The van der Waals surface area contributed by atoms with Gasteiger partial charge in [-0.2, -0.15) is 0 Å². The first-order chi connectivity index (χ1) is 11.7. The summed E-state index contributed by atoms with van der Waals surface area (Å²) in [5, 5.41) is 9.03. The normalized spacial score (nSPS) is 12.1. The number of aromatic nitrogens is 1. The van der Waals surface area contributed by atoms with E-state index >= 15 is 0 Å². The van der Waals surface area contributed by atoms with Crippen molar-refractivity contribution in [3.63, 3.8) is 0 Å². The predicted octanol–water partition coefficient (Wildman–Crippen LogP) is 4.48. The van der Waals surface area contributed by atoms with Crippen LogP contribution in [0.25, 0.3) is 11.5 Å². The molecule has 0 atom stereocenters. The Hall–Kier alpha value is -2.33. The van der Waals surface area contributed by atoms with Gasteiger partial charge in [-0.1, -0.05) is 25.2 Å². The zero-order valence-corrected chi connectivity index (χ0v) is 14.6. The van der Waals surface area contributed by atoms with E-state index < -0.39 is 0 Å². The lowest BCUT2D eigenvalue weighted by Crippen LogP contribution is -1.99. The molecule has 1 aromatic heterocycles. The highest BCUT2D eigenvalue weighted by Crippen LogP contribution is 2.24. The first-order valence-corrected chi connectivity index (χ1v) is 8.30. The second kappa shape index (κ2) is 9.08. The number of oxazole rings is 1. The largest absolute Gasteiger partial charge is 0.489 e. The van der Waals surface area contributed by atoms with E-state index in [4.69, 9.17) is 14.3 Å². The Morgan fingerprint density at radius 3 is 2.67 bits per heavy atom. The van der Waals surface area contributed by atoms with Gasteiger partial charge in [-0.15, -0.1) is 0 Å². The molecule has 0 fully saturated rings. The van der Waals surface area contributed by atoms with Gasteiger partial charge in [-0.3, -0.25) is 0 Å². The van der Waals surface area contributed by atoms with Crippen molar-refractivity contribution >= 4 is 0 Å². The third-order valence-corrected chi connectivity index (χ3v) is 3.69. The number of rotatable bonds is 8. The maximum atomic E-state index is 9.03. The summed E-state index contributed by atoms with van der Waals surface area (Å²) in [6.45, 7) is 6.60. The summed E-state index contributed by atoms with van der Waals surface area (Å²) in [4.78, 5) is 4.43. The molecule has 128 valence electrons. The summed E-state index contributed by atoms with van der Waals surface area (Å²) in [7, 11) is 0. The molecule has 0 amide bonds. The quantitative estimate of drug-likeness (QED) is 0.727. The van der Waals surface area contributed by atoms with Crippen LogP contribution in [0.4, 0.5) is 0 Å². The van der Waals surface area contributed by atoms with Crippen LogP contribution in [0, 0.1) is 6.92 Å². The fourth-order valence-corrected chi connectivity index (χ4v) is 2.25. The number of allylic oxidation sites excluding steroid dienone is 2. The Balaban J connectivity index is 2.02. The van der Waals surface area contributed by atoms with E-state index in [0.29, 0.717) is 18.9 Å². The van der Waals surface area contributed by atoms with Gasteiger partial charge in [0.1, 0.15) is 18.1 Å². The monoisotopic (exact) mass is 327 g/mol. The fourth-order valence-electron chi connectivity index (χ4n) is 2.25.